The van der Waals surface area contributed by atoms with E-state index in [1.165, 1.54) is 18.2 Å². The first-order valence-electron chi connectivity index (χ1n) is 11.0. The number of benzene rings is 2. The lowest BCUT2D eigenvalue weighted by molar-refractivity contribution is -0.144. The molecule has 0 atom stereocenters. The lowest BCUT2D eigenvalue weighted by Gasteiger charge is -2.21. The molecule has 188 valence electrons. The lowest BCUT2D eigenvalue weighted by Crippen LogP contribution is -2.38. The molecule has 3 rings (SSSR count). The van der Waals surface area contributed by atoms with E-state index in [1.54, 1.807) is 34.3 Å². The number of hydrogen-bond donors (Lipinski definition) is 3. The van der Waals surface area contributed by atoms with Crippen molar-refractivity contribution in [2.75, 3.05) is 29.3 Å². The maximum atomic E-state index is 13.1. The van der Waals surface area contributed by atoms with Crippen LogP contribution >= 0.6 is 0 Å². The minimum Gasteiger partial charge on any atom is -0.465 e. The van der Waals surface area contributed by atoms with Crippen molar-refractivity contribution >= 4 is 29.1 Å². The van der Waals surface area contributed by atoms with E-state index in [0.717, 1.165) is 17.5 Å². The van der Waals surface area contributed by atoms with Crippen molar-refractivity contribution in [1.29, 1.82) is 0 Å². The Morgan fingerprint density at radius 3 is 2.40 bits per heavy atom. The van der Waals surface area contributed by atoms with Crippen molar-refractivity contribution in [3.63, 3.8) is 0 Å². The van der Waals surface area contributed by atoms with Crippen molar-refractivity contribution in [3.8, 4) is 0 Å². The smallest absolute Gasteiger partial charge is 0.418 e. The Morgan fingerprint density at radius 1 is 1.06 bits per heavy atom. The quantitative estimate of drug-likeness (QED) is 0.432. The number of esters is 1. The summed E-state index contributed by atoms with van der Waals surface area (Å²) >= 11 is 0. The summed E-state index contributed by atoms with van der Waals surface area (Å²) < 4.78 is 44.6. The van der Waals surface area contributed by atoms with E-state index in [9.17, 15) is 22.8 Å². The first-order valence-corrected chi connectivity index (χ1v) is 11.0. The highest BCUT2D eigenvalue weighted by Crippen LogP contribution is 2.34. The summed E-state index contributed by atoms with van der Waals surface area (Å²) in [4.78, 5) is 23.9. The van der Waals surface area contributed by atoms with Crippen LogP contribution in [-0.4, -0.2) is 30.7 Å². The number of rotatable bonds is 8. The van der Waals surface area contributed by atoms with Crippen LogP contribution in [0.1, 0.15) is 32.3 Å². The van der Waals surface area contributed by atoms with Gasteiger partial charge in [-0.1, -0.05) is 26.0 Å². The van der Waals surface area contributed by atoms with Crippen LogP contribution in [0.15, 0.2) is 60.4 Å². The average Bonchev–Trinajstić information content (AvgIpc) is 3.14. The number of urea groups is 1. The molecule has 1 heterocycles. The van der Waals surface area contributed by atoms with Gasteiger partial charge in [0.05, 0.1) is 29.2 Å². The van der Waals surface area contributed by atoms with Crippen LogP contribution in [0, 0.1) is 5.92 Å². The Morgan fingerprint density at radius 2 is 1.74 bits per heavy atom. The van der Waals surface area contributed by atoms with Crippen LogP contribution in [0.3, 0.4) is 0 Å². The number of nitrogens with zero attached hydrogens (tertiary/aromatic N) is 2. The van der Waals surface area contributed by atoms with Crippen molar-refractivity contribution in [3.05, 3.63) is 66.0 Å². The highest BCUT2D eigenvalue weighted by atomic mass is 19.4. The van der Waals surface area contributed by atoms with Gasteiger partial charge in [-0.05, 0) is 42.3 Å². The second-order valence-corrected chi connectivity index (χ2v) is 8.39. The lowest BCUT2D eigenvalue weighted by atomic mass is 10.1. The first-order chi connectivity index (χ1) is 16.5. The summed E-state index contributed by atoms with van der Waals surface area (Å²) in [6, 6.07) is 10.7. The van der Waals surface area contributed by atoms with E-state index in [2.05, 4.69) is 16.2 Å². The predicted octanol–water partition coefficient (Wildman–Crippen LogP) is 5.34. The normalized spacial score (nSPS) is 13.6. The number of ether oxygens (including phenoxy) is 1. The van der Waals surface area contributed by atoms with Gasteiger partial charge in [-0.25, -0.2) is 4.79 Å². The summed E-state index contributed by atoms with van der Waals surface area (Å²) in [5.41, 5.74) is 3.96. The fourth-order valence-corrected chi connectivity index (χ4v) is 3.35. The number of para-hydroxylation sites is 1. The third kappa shape index (κ3) is 7.38. The number of anilines is 3. The van der Waals surface area contributed by atoms with Crippen LogP contribution < -0.4 is 21.2 Å². The third-order valence-electron chi connectivity index (χ3n) is 5.05. The summed E-state index contributed by atoms with van der Waals surface area (Å²) in [7, 11) is 1.83. The van der Waals surface area contributed by atoms with Crippen molar-refractivity contribution in [2.45, 2.75) is 32.9 Å². The third-order valence-corrected chi connectivity index (χ3v) is 5.05. The van der Waals surface area contributed by atoms with E-state index in [4.69, 9.17) is 4.74 Å². The maximum Gasteiger partial charge on any atom is 0.418 e. The number of carbonyl (C=O) groups excluding carboxylic acids is 2. The van der Waals surface area contributed by atoms with Crippen LogP contribution in [0.4, 0.5) is 35.0 Å². The zero-order valence-corrected chi connectivity index (χ0v) is 19.6. The van der Waals surface area contributed by atoms with Crippen molar-refractivity contribution in [1.82, 2.24) is 10.5 Å². The topological polar surface area (TPSA) is 85.9 Å². The number of hydrazine groups is 2. The van der Waals surface area contributed by atoms with Gasteiger partial charge in [0.2, 0.25) is 0 Å². The predicted molar refractivity (Wildman–Crippen MR) is 127 cm³/mol. The Balaban J connectivity index is 1.55. The molecule has 0 unspecified atom stereocenters. The molecular formula is C24H28F3N5O3. The minimum atomic E-state index is -4.58. The molecule has 2 aromatic carbocycles. The molecule has 2 amide bonds. The van der Waals surface area contributed by atoms with E-state index in [-0.39, 0.29) is 24.2 Å². The Bertz CT molecular complexity index is 1070. The fraction of sp³-hybridized carbons (Fsp3) is 0.333. The maximum absolute atomic E-state index is 13.1. The van der Waals surface area contributed by atoms with E-state index in [0.29, 0.717) is 18.5 Å². The molecule has 0 bridgehead atoms. The molecule has 35 heavy (non-hydrogen) atoms. The number of halogens is 3. The van der Waals surface area contributed by atoms with Crippen LogP contribution in [0.25, 0.3) is 0 Å². The van der Waals surface area contributed by atoms with Crippen molar-refractivity contribution in [2.24, 2.45) is 5.92 Å². The number of amides is 2. The second kappa shape index (κ2) is 11.1. The van der Waals surface area contributed by atoms with Gasteiger partial charge < -0.3 is 15.4 Å². The molecule has 0 saturated heterocycles. The molecule has 0 aliphatic carbocycles. The van der Waals surface area contributed by atoms with Gasteiger partial charge in [-0.2, -0.15) is 13.2 Å². The SMILES string of the molecule is CC(C)CC(=O)OCCC1=CN(c2ccc(NC(=O)Nc3ccccc3C(F)(F)F)cc2)NN1C. The number of alkyl halides is 3. The van der Waals surface area contributed by atoms with Gasteiger partial charge in [0.25, 0.3) is 0 Å². The van der Waals surface area contributed by atoms with Crippen LogP contribution in [0.5, 0.6) is 0 Å². The van der Waals surface area contributed by atoms with Crippen molar-refractivity contribution < 1.29 is 27.5 Å². The summed E-state index contributed by atoms with van der Waals surface area (Å²) in [6.45, 7) is 4.18. The highest BCUT2D eigenvalue weighted by Gasteiger charge is 2.33. The molecule has 3 N–H and O–H groups in total. The molecule has 1 aliphatic rings. The molecule has 0 radical (unpaired) electrons. The Hall–Kier alpha value is -3.73. The Labute approximate surface area is 201 Å². The molecule has 0 saturated carbocycles. The van der Waals surface area contributed by atoms with Crippen LogP contribution in [0.2, 0.25) is 0 Å². The summed E-state index contributed by atoms with van der Waals surface area (Å²) in [5, 5.41) is 8.32. The second-order valence-electron chi connectivity index (χ2n) is 8.39. The highest BCUT2D eigenvalue weighted by molar-refractivity contribution is 6.00. The van der Waals surface area contributed by atoms with E-state index < -0.39 is 17.8 Å². The largest absolute Gasteiger partial charge is 0.465 e. The van der Waals surface area contributed by atoms with E-state index in [1.807, 2.05) is 27.1 Å². The average molecular weight is 492 g/mol. The monoisotopic (exact) mass is 491 g/mol. The molecule has 11 heteroatoms. The molecule has 2 aromatic rings. The van der Waals surface area contributed by atoms with Gasteiger partial charge in [-0.15, -0.1) is 5.53 Å². The number of nitrogens with one attached hydrogen (secondary N) is 3. The molecule has 1 aliphatic heterocycles. The van der Waals surface area contributed by atoms with Gasteiger partial charge in [0.15, 0.2) is 0 Å². The van der Waals surface area contributed by atoms with Gasteiger partial charge in [0, 0.05) is 31.8 Å². The number of carbonyl (C=O) groups is 2. The molecule has 8 nitrogen and oxygen atoms in total. The zero-order chi connectivity index (χ0) is 25.6. The fourth-order valence-electron chi connectivity index (χ4n) is 3.35. The van der Waals surface area contributed by atoms with Crippen LogP contribution in [-0.2, 0) is 15.7 Å². The van der Waals surface area contributed by atoms with Gasteiger partial charge >= 0.3 is 18.2 Å². The van der Waals surface area contributed by atoms with Gasteiger partial charge in [0.1, 0.15) is 0 Å². The Kier molecular flexibility index (Phi) is 8.23. The zero-order valence-electron chi connectivity index (χ0n) is 19.6. The molecule has 0 aromatic heterocycles. The molecule has 0 spiro atoms. The summed E-state index contributed by atoms with van der Waals surface area (Å²) in [5.74, 6) is 0.0207. The molecule has 0 fully saturated rings. The minimum absolute atomic E-state index is 0.222. The summed E-state index contributed by atoms with van der Waals surface area (Å²) in [6.07, 6.45) is -1.81. The van der Waals surface area contributed by atoms with Gasteiger partial charge in [-0.3, -0.25) is 14.8 Å². The standard InChI is InChI=1S/C24H28F3N5O3/c1-16(2)14-22(33)35-13-12-19-15-32(30-31(19)3)18-10-8-17(9-11-18)28-23(34)29-21-7-5-4-6-20(21)24(25,26)27/h4-11,15-16,30H,12-14H2,1-3H3,(H2,28,29,34). The first kappa shape index (κ1) is 25.9. The molecular weight excluding hydrogens is 463 g/mol. The van der Waals surface area contributed by atoms with E-state index >= 15 is 0 Å². The number of hydrogen-bond acceptors (Lipinski definition) is 6.